The van der Waals surface area contributed by atoms with E-state index in [2.05, 4.69) is 10.3 Å². The number of aromatic nitrogens is 2. The Kier molecular flexibility index (Phi) is 7.17. The molecular weight excluding hydrogens is 357 g/mol. The monoisotopic (exact) mass is 383 g/mol. The maximum Gasteiger partial charge on any atom is 0.147 e. The molecular formula is C22H26FN3O2. The number of ether oxygens (including phenoxy) is 2. The maximum atomic E-state index is 14.5. The zero-order chi connectivity index (χ0) is 19.8. The van der Waals surface area contributed by atoms with E-state index in [0.717, 1.165) is 29.1 Å². The SMILES string of the molecule is COCCCOc1cccc(CNCc2ccc(-n3ccnc3C)c(F)c2)c1. The molecule has 148 valence electrons. The van der Waals surface area contributed by atoms with Gasteiger partial charge in [-0.25, -0.2) is 9.37 Å². The van der Waals surface area contributed by atoms with E-state index in [1.807, 2.05) is 37.3 Å². The maximum absolute atomic E-state index is 14.5. The predicted octanol–water partition coefficient (Wildman–Crippen LogP) is 4.02. The lowest BCUT2D eigenvalue weighted by atomic mass is 10.1. The number of aryl methyl sites for hydroxylation is 1. The second-order valence-corrected chi connectivity index (χ2v) is 6.58. The van der Waals surface area contributed by atoms with Crippen molar-refractivity contribution in [1.29, 1.82) is 0 Å². The van der Waals surface area contributed by atoms with Crippen LogP contribution in [0.15, 0.2) is 54.9 Å². The highest BCUT2D eigenvalue weighted by molar-refractivity contribution is 5.37. The number of benzene rings is 2. The van der Waals surface area contributed by atoms with Crippen molar-refractivity contribution in [3.63, 3.8) is 0 Å². The third kappa shape index (κ3) is 5.41. The molecule has 0 saturated heterocycles. The largest absolute Gasteiger partial charge is 0.493 e. The Morgan fingerprint density at radius 3 is 2.61 bits per heavy atom. The van der Waals surface area contributed by atoms with E-state index in [9.17, 15) is 4.39 Å². The zero-order valence-electron chi connectivity index (χ0n) is 16.3. The molecule has 0 spiro atoms. The Balaban J connectivity index is 1.52. The highest BCUT2D eigenvalue weighted by Gasteiger charge is 2.08. The van der Waals surface area contributed by atoms with Crippen LogP contribution in [0.1, 0.15) is 23.4 Å². The van der Waals surface area contributed by atoms with Gasteiger partial charge in [-0.05, 0) is 42.3 Å². The van der Waals surface area contributed by atoms with E-state index < -0.39 is 0 Å². The quantitative estimate of drug-likeness (QED) is 0.537. The second-order valence-electron chi connectivity index (χ2n) is 6.58. The van der Waals surface area contributed by atoms with Crippen molar-refractivity contribution < 1.29 is 13.9 Å². The molecule has 3 rings (SSSR count). The Morgan fingerprint density at radius 2 is 1.89 bits per heavy atom. The number of nitrogens with one attached hydrogen (secondary N) is 1. The average Bonchev–Trinajstić information content (AvgIpc) is 3.11. The van der Waals surface area contributed by atoms with Crippen molar-refractivity contribution in [2.75, 3.05) is 20.3 Å². The first-order chi connectivity index (χ1) is 13.7. The number of hydrogen-bond donors (Lipinski definition) is 1. The van der Waals surface area contributed by atoms with E-state index in [1.165, 1.54) is 0 Å². The first-order valence-electron chi connectivity index (χ1n) is 9.37. The fourth-order valence-corrected chi connectivity index (χ4v) is 2.98. The molecule has 6 heteroatoms. The number of methoxy groups -OCH3 is 1. The summed E-state index contributed by atoms with van der Waals surface area (Å²) < 4.78 is 27.0. The molecule has 0 amide bonds. The molecule has 5 nitrogen and oxygen atoms in total. The third-order valence-corrected chi connectivity index (χ3v) is 4.42. The van der Waals surface area contributed by atoms with Crippen molar-refractivity contribution in [3.05, 3.63) is 77.6 Å². The zero-order valence-corrected chi connectivity index (χ0v) is 16.3. The molecule has 0 atom stereocenters. The van der Waals surface area contributed by atoms with Gasteiger partial charge in [-0.2, -0.15) is 0 Å². The highest BCUT2D eigenvalue weighted by atomic mass is 19.1. The van der Waals surface area contributed by atoms with Crippen molar-refractivity contribution in [3.8, 4) is 11.4 Å². The highest BCUT2D eigenvalue weighted by Crippen LogP contribution is 2.17. The number of hydrogen-bond acceptors (Lipinski definition) is 4. The lowest BCUT2D eigenvalue weighted by Crippen LogP contribution is -2.13. The lowest BCUT2D eigenvalue weighted by Gasteiger charge is -2.11. The molecule has 3 aromatic rings. The van der Waals surface area contributed by atoms with E-state index >= 15 is 0 Å². The van der Waals surface area contributed by atoms with Gasteiger partial charge in [-0.1, -0.05) is 18.2 Å². The fourth-order valence-electron chi connectivity index (χ4n) is 2.98. The Morgan fingerprint density at radius 1 is 1.07 bits per heavy atom. The van der Waals surface area contributed by atoms with E-state index in [0.29, 0.717) is 32.0 Å². The Hall–Kier alpha value is -2.70. The van der Waals surface area contributed by atoms with Crippen LogP contribution in [0, 0.1) is 12.7 Å². The van der Waals surface area contributed by atoms with Gasteiger partial charge in [-0.15, -0.1) is 0 Å². The van der Waals surface area contributed by atoms with Crippen molar-refractivity contribution in [1.82, 2.24) is 14.9 Å². The second kappa shape index (κ2) is 10.0. The molecule has 0 aliphatic rings. The van der Waals surface area contributed by atoms with Crippen LogP contribution in [0.5, 0.6) is 5.75 Å². The predicted molar refractivity (Wildman–Crippen MR) is 107 cm³/mol. The van der Waals surface area contributed by atoms with E-state index in [4.69, 9.17) is 9.47 Å². The molecule has 0 radical (unpaired) electrons. The molecule has 1 heterocycles. The summed E-state index contributed by atoms with van der Waals surface area (Å²) in [4.78, 5) is 4.14. The number of imidazole rings is 1. The van der Waals surface area contributed by atoms with Crippen LogP contribution in [0.3, 0.4) is 0 Å². The number of nitrogens with zero attached hydrogens (tertiary/aromatic N) is 2. The first kappa shape index (κ1) is 20.0. The van der Waals surface area contributed by atoms with Gasteiger partial charge in [0, 0.05) is 45.6 Å². The first-order valence-corrected chi connectivity index (χ1v) is 9.37. The molecule has 1 N–H and O–H groups in total. The van der Waals surface area contributed by atoms with Crippen molar-refractivity contribution >= 4 is 0 Å². The Labute approximate surface area is 165 Å². The summed E-state index contributed by atoms with van der Waals surface area (Å²) in [5.41, 5.74) is 2.53. The molecule has 0 unspecified atom stereocenters. The van der Waals surface area contributed by atoms with Crippen LogP contribution in [0.2, 0.25) is 0 Å². The van der Waals surface area contributed by atoms with Crippen LogP contribution in [0.25, 0.3) is 5.69 Å². The summed E-state index contributed by atoms with van der Waals surface area (Å²) in [7, 11) is 1.68. The molecule has 0 fully saturated rings. The summed E-state index contributed by atoms with van der Waals surface area (Å²) in [6.45, 7) is 4.44. The minimum atomic E-state index is -0.258. The van der Waals surface area contributed by atoms with Crippen LogP contribution in [-0.2, 0) is 17.8 Å². The molecule has 28 heavy (non-hydrogen) atoms. The van der Waals surface area contributed by atoms with Crippen LogP contribution < -0.4 is 10.1 Å². The minimum Gasteiger partial charge on any atom is -0.493 e. The fraction of sp³-hybridized carbons (Fsp3) is 0.318. The van der Waals surface area contributed by atoms with E-state index in [1.54, 1.807) is 36.2 Å². The summed E-state index contributed by atoms with van der Waals surface area (Å²) in [5, 5.41) is 3.35. The van der Waals surface area contributed by atoms with Gasteiger partial charge in [0.25, 0.3) is 0 Å². The summed E-state index contributed by atoms with van der Waals surface area (Å²) >= 11 is 0. The van der Waals surface area contributed by atoms with Crippen LogP contribution in [-0.4, -0.2) is 29.9 Å². The van der Waals surface area contributed by atoms with Gasteiger partial charge in [0.1, 0.15) is 17.4 Å². The summed E-state index contributed by atoms with van der Waals surface area (Å²) in [5.74, 6) is 1.35. The smallest absolute Gasteiger partial charge is 0.147 e. The van der Waals surface area contributed by atoms with Gasteiger partial charge in [0.15, 0.2) is 0 Å². The van der Waals surface area contributed by atoms with Gasteiger partial charge >= 0.3 is 0 Å². The third-order valence-electron chi connectivity index (χ3n) is 4.42. The van der Waals surface area contributed by atoms with Crippen molar-refractivity contribution in [2.45, 2.75) is 26.4 Å². The molecule has 1 aromatic heterocycles. The number of halogens is 1. The average molecular weight is 383 g/mol. The summed E-state index contributed by atoms with van der Waals surface area (Å²) in [6.07, 6.45) is 4.29. The van der Waals surface area contributed by atoms with Crippen LogP contribution in [0.4, 0.5) is 4.39 Å². The summed E-state index contributed by atoms with van der Waals surface area (Å²) in [6, 6.07) is 13.3. The molecule has 0 bridgehead atoms. The van der Waals surface area contributed by atoms with Gasteiger partial charge in [0.05, 0.1) is 12.3 Å². The standard InChI is InChI=1S/C22H26FN3O2/c1-17-25-9-10-26(17)22-8-7-19(14-21(22)23)16-24-15-18-5-3-6-20(13-18)28-12-4-11-27-2/h3,5-10,13-14,24H,4,11-12,15-16H2,1-2H3. The van der Waals surface area contributed by atoms with Gasteiger partial charge in [-0.3, -0.25) is 0 Å². The molecule has 0 aliphatic carbocycles. The van der Waals surface area contributed by atoms with E-state index in [-0.39, 0.29) is 5.82 Å². The van der Waals surface area contributed by atoms with Crippen LogP contribution >= 0.6 is 0 Å². The molecule has 0 aliphatic heterocycles. The van der Waals surface area contributed by atoms with Crippen molar-refractivity contribution in [2.24, 2.45) is 0 Å². The Bertz CT molecular complexity index is 895. The molecule has 2 aromatic carbocycles. The molecule has 0 saturated carbocycles. The topological polar surface area (TPSA) is 48.3 Å². The van der Waals surface area contributed by atoms with Gasteiger partial charge in [0.2, 0.25) is 0 Å². The van der Waals surface area contributed by atoms with Gasteiger partial charge < -0.3 is 19.4 Å². The normalized spacial score (nSPS) is 11.0. The lowest BCUT2D eigenvalue weighted by molar-refractivity contribution is 0.172. The number of rotatable bonds is 10. The minimum absolute atomic E-state index is 0.258.